The lowest BCUT2D eigenvalue weighted by Crippen LogP contribution is -2.66. The van der Waals surface area contributed by atoms with Gasteiger partial charge in [0.05, 0.1) is 6.10 Å². The number of fused-ring (bicyclic) bond motifs is 7. The molecule has 0 bridgehead atoms. The van der Waals surface area contributed by atoms with Crippen LogP contribution >= 0.6 is 0 Å². The van der Waals surface area contributed by atoms with Gasteiger partial charge >= 0.3 is 0 Å². The number of hydrogen-bond acceptors (Lipinski definition) is 1. The van der Waals surface area contributed by atoms with Gasteiger partial charge in [-0.05, 0) is 127 Å². The summed E-state index contributed by atoms with van der Waals surface area (Å²) in [5.41, 5.74) is 2.64. The van der Waals surface area contributed by atoms with Gasteiger partial charge in [-0.2, -0.15) is 0 Å². The molecule has 0 saturated heterocycles. The van der Waals surface area contributed by atoms with Crippen LogP contribution in [0.1, 0.15) is 126 Å². The molecule has 0 spiro atoms. The van der Waals surface area contributed by atoms with Crippen LogP contribution in [0.15, 0.2) is 0 Å². The van der Waals surface area contributed by atoms with Gasteiger partial charge in [0.15, 0.2) is 0 Å². The Morgan fingerprint density at radius 2 is 1.00 bits per heavy atom. The second-order valence-electron chi connectivity index (χ2n) is 15.7. The van der Waals surface area contributed by atoms with E-state index >= 15 is 0 Å². The Morgan fingerprint density at radius 1 is 0.516 bits per heavy atom. The molecule has 0 aromatic heterocycles. The summed E-state index contributed by atoms with van der Waals surface area (Å²) in [4.78, 5) is 0. The molecule has 0 aromatic rings. The molecule has 0 amide bonds. The largest absolute Gasteiger partial charge is 0.393 e. The molecule has 1 nitrogen and oxygen atoms in total. The normalized spacial score (nSPS) is 57.8. The zero-order chi connectivity index (χ0) is 22.7. The Hall–Kier alpha value is -0.0400. The smallest absolute Gasteiger partial charge is 0.0594 e. The van der Waals surface area contributed by atoms with Crippen LogP contribution in [0.4, 0.5) is 0 Å². The monoisotopic (exact) mass is 428 g/mol. The summed E-state index contributed by atoms with van der Waals surface area (Å²) in [6, 6.07) is 0. The maximum Gasteiger partial charge on any atom is 0.0594 e. The minimum atomic E-state index is -0.108. The van der Waals surface area contributed by atoms with E-state index in [0.717, 1.165) is 24.2 Å². The van der Waals surface area contributed by atoms with Gasteiger partial charge < -0.3 is 5.11 Å². The molecule has 5 aliphatic carbocycles. The van der Waals surface area contributed by atoms with E-state index < -0.39 is 0 Å². The maximum atomic E-state index is 10.9. The predicted molar refractivity (Wildman–Crippen MR) is 131 cm³/mol. The minimum absolute atomic E-state index is 0.0770. The van der Waals surface area contributed by atoms with Crippen molar-refractivity contribution in [1.82, 2.24) is 0 Å². The molecule has 178 valence electrons. The quantitative estimate of drug-likeness (QED) is 0.412. The van der Waals surface area contributed by atoms with E-state index in [-0.39, 0.29) is 11.5 Å². The lowest BCUT2D eigenvalue weighted by Gasteiger charge is -2.73. The summed E-state index contributed by atoms with van der Waals surface area (Å²) in [6.45, 7) is 20.7. The first kappa shape index (κ1) is 22.7. The lowest BCUT2D eigenvalue weighted by molar-refractivity contribution is -0.244. The van der Waals surface area contributed by atoms with Gasteiger partial charge in [-0.25, -0.2) is 0 Å². The van der Waals surface area contributed by atoms with Crippen molar-refractivity contribution in [2.24, 2.45) is 56.2 Å². The summed E-state index contributed by atoms with van der Waals surface area (Å²) in [5.74, 6) is 3.35. The van der Waals surface area contributed by atoms with Crippen LogP contribution in [-0.4, -0.2) is 11.2 Å². The molecule has 5 fully saturated rings. The van der Waals surface area contributed by atoms with Crippen molar-refractivity contribution in [3.05, 3.63) is 0 Å². The number of rotatable bonds is 0. The van der Waals surface area contributed by atoms with Crippen molar-refractivity contribution in [3.8, 4) is 0 Å². The van der Waals surface area contributed by atoms with Crippen LogP contribution in [-0.2, 0) is 0 Å². The van der Waals surface area contributed by atoms with Gasteiger partial charge in [0.25, 0.3) is 0 Å². The first-order valence-electron chi connectivity index (χ1n) is 13.9. The van der Waals surface area contributed by atoms with E-state index in [4.69, 9.17) is 0 Å². The van der Waals surface area contributed by atoms with Crippen molar-refractivity contribution in [1.29, 1.82) is 0 Å². The average molecular weight is 429 g/mol. The molecule has 9 atom stereocenters. The van der Waals surface area contributed by atoms with E-state index in [9.17, 15) is 5.11 Å². The highest BCUT2D eigenvalue weighted by molar-refractivity contribution is 5.17. The van der Waals surface area contributed by atoms with E-state index in [0.29, 0.717) is 33.0 Å². The van der Waals surface area contributed by atoms with Crippen LogP contribution in [0, 0.1) is 56.2 Å². The lowest BCUT2D eigenvalue weighted by atomic mass is 9.32. The van der Waals surface area contributed by atoms with Crippen LogP contribution in [0.3, 0.4) is 0 Å². The molecule has 5 aliphatic rings. The molecule has 5 rings (SSSR count). The maximum absolute atomic E-state index is 10.9. The Labute approximate surface area is 193 Å². The molecule has 1 heteroatoms. The van der Waals surface area contributed by atoms with Gasteiger partial charge in [-0.15, -0.1) is 0 Å². The Bertz CT molecular complexity index is 737. The number of aliphatic hydroxyl groups is 1. The Kier molecular flexibility index (Phi) is 4.80. The van der Waals surface area contributed by atoms with E-state index in [1.807, 2.05) is 0 Å². The molecule has 5 saturated carbocycles. The summed E-state index contributed by atoms with van der Waals surface area (Å²) in [7, 11) is 0. The fourth-order valence-electron chi connectivity index (χ4n) is 11.6. The first-order valence-corrected chi connectivity index (χ1v) is 13.9. The Morgan fingerprint density at radius 3 is 1.65 bits per heavy atom. The van der Waals surface area contributed by atoms with Gasteiger partial charge in [-0.1, -0.05) is 55.4 Å². The molecule has 0 heterocycles. The molecule has 0 radical (unpaired) electrons. The third-order valence-corrected chi connectivity index (χ3v) is 13.4. The molecule has 0 unspecified atom stereocenters. The molecular formula is C30H52O. The topological polar surface area (TPSA) is 20.2 Å². The van der Waals surface area contributed by atoms with Gasteiger partial charge in [0.2, 0.25) is 0 Å². The second-order valence-corrected chi connectivity index (χ2v) is 15.7. The zero-order valence-corrected chi connectivity index (χ0v) is 22.1. The van der Waals surface area contributed by atoms with E-state index in [2.05, 4.69) is 55.4 Å². The highest BCUT2D eigenvalue weighted by Crippen LogP contribution is 2.76. The third-order valence-electron chi connectivity index (χ3n) is 13.4. The first-order chi connectivity index (χ1) is 14.2. The number of aliphatic hydroxyl groups excluding tert-OH is 1. The summed E-state index contributed by atoms with van der Waals surface area (Å²) >= 11 is 0. The minimum Gasteiger partial charge on any atom is -0.393 e. The van der Waals surface area contributed by atoms with Crippen LogP contribution in [0.5, 0.6) is 0 Å². The fraction of sp³-hybridized carbons (Fsp3) is 1.00. The average Bonchev–Trinajstić information content (AvgIpc) is 2.66. The van der Waals surface area contributed by atoms with Crippen molar-refractivity contribution in [3.63, 3.8) is 0 Å². The summed E-state index contributed by atoms with van der Waals surface area (Å²) in [6.07, 6.45) is 15.1. The van der Waals surface area contributed by atoms with Crippen LogP contribution in [0.2, 0.25) is 0 Å². The SMILES string of the molecule is CC1(C)CC[C@]2(C)CC[C@H]3[C@]4(C)CC[C@H]5C(C)(C)[C@@H](O)CC[C@]5(C)[C@@H]4CC[C@@]3(C)[C@@H]2C1. The Balaban J connectivity index is 1.52. The molecular weight excluding hydrogens is 376 g/mol. The van der Waals surface area contributed by atoms with Gasteiger partial charge in [-0.3, -0.25) is 0 Å². The van der Waals surface area contributed by atoms with E-state index in [1.54, 1.807) is 0 Å². The standard InChI is InChI=1S/C30H52O/c1-25(2)17-18-27(5)13-9-21-29(7)14-10-20-26(3,4)24(31)12-16-28(20,6)22(29)11-15-30(21,8)23(27)19-25/h20-24,31H,9-19H2,1-8H3/t20-,21-,22-,23+,24-,27-,28-,29-,30+/m0/s1. The van der Waals surface area contributed by atoms with Crippen LogP contribution < -0.4 is 0 Å². The van der Waals surface area contributed by atoms with Gasteiger partial charge in [0.1, 0.15) is 0 Å². The van der Waals surface area contributed by atoms with Crippen molar-refractivity contribution < 1.29 is 5.11 Å². The highest BCUT2D eigenvalue weighted by atomic mass is 16.3. The molecule has 0 aromatic carbocycles. The predicted octanol–water partition coefficient (Wildman–Crippen LogP) is 8.25. The zero-order valence-electron chi connectivity index (χ0n) is 22.1. The van der Waals surface area contributed by atoms with Gasteiger partial charge in [0, 0.05) is 0 Å². The number of hydrogen-bond donors (Lipinski definition) is 1. The summed E-state index contributed by atoms with van der Waals surface area (Å²) < 4.78 is 0. The summed E-state index contributed by atoms with van der Waals surface area (Å²) in [5, 5.41) is 10.9. The van der Waals surface area contributed by atoms with E-state index in [1.165, 1.54) is 64.2 Å². The molecule has 0 aliphatic heterocycles. The van der Waals surface area contributed by atoms with Crippen molar-refractivity contribution in [2.45, 2.75) is 132 Å². The van der Waals surface area contributed by atoms with Crippen LogP contribution in [0.25, 0.3) is 0 Å². The third kappa shape index (κ3) is 2.89. The highest BCUT2D eigenvalue weighted by Gasteiger charge is 2.68. The van der Waals surface area contributed by atoms with Crippen molar-refractivity contribution >= 4 is 0 Å². The van der Waals surface area contributed by atoms with Crippen molar-refractivity contribution in [2.75, 3.05) is 0 Å². The molecule has 31 heavy (non-hydrogen) atoms. The molecule has 1 N–H and O–H groups in total. The fourth-order valence-corrected chi connectivity index (χ4v) is 11.6. The second kappa shape index (κ2) is 6.55.